The summed E-state index contributed by atoms with van der Waals surface area (Å²) in [5, 5.41) is 15.3. The van der Waals surface area contributed by atoms with Gasteiger partial charge in [0.1, 0.15) is 12.4 Å². The highest BCUT2D eigenvalue weighted by atomic mass is 35.5. The lowest BCUT2D eigenvalue weighted by atomic mass is 10.0. The Kier molecular flexibility index (Phi) is 7.53. The summed E-state index contributed by atoms with van der Waals surface area (Å²) in [6.07, 6.45) is 0. The molecule has 0 aliphatic heterocycles. The molecule has 0 saturated heterocycles. The number of hydrogen-bond acceptors (Lipinski definition) is 3. The summed E-state index contributed by atoms with van der Waals surface area (Å²) in [4.78, 5) is 0. The van der Waals surface area contributed by atoms with Crippen molar-refractivity contribution in [2.45, 2.75) is 13.2 Å². The highest BCUT2D eigenvalue weighted by molar-refractivity contribution is 6.30. The van der Waals surface area contributed by atoms with Crippen LogP contribution in [0.15, 0.2) is 60.7 Å². The number of fused-ring (bicyclic) bond motifs is 1. The van der Waals surface area contributed by atoms with Gasteiger partial charge in [-0.25, -0.2) is 0 Å². The number of benzene rings is 3. The second-order valence-electron chi connectivity index (χ2n) is 5.58. The van der Waals surface area contributed by atoms with Crippen LogP contribution in [0.3, 0.4) is 0 Å². The molecule has 0 heterocycles. The largest absolute Gasteiger partial charge is 0.489 e. The molecule has 132 valence electrons. The Balaban J connectivity index is 0.00000225. The van der Waals surface area contributed by atoms with Crippen LogP contribution < -0.4 is 10.1 Å². The first-order valence-corrected chi connectivity index (χ1v) is 8.35. The van der Waals surface area contributed by atoms with Crippen molar-refractivity contribution < 1.29 is 9.84 Å². The van der Waals surface area contributed by atoms with Crippen LogP contribution in [0.5, 0.6) is 5.75 Å². The molecule has 0 bridgehead atoms. The number of halogens is 2. The molecule has 3 aromatic rings. The van der Waals surface area contributed by atoms with E-state index < -0.39 is 0 Å². The smallest absolute Gasteiger partial charge is 0.124 e. The molecule has 0 amide bonds. The lowest BCUT2D eigenvalue weighted by Gasteiger charge is -2.15. The van der Waals surface area contributed by atoms with Crippen molar-refractivity contribution in [2.75, 3.05) is 13.2 Å². The van der Waals surface area contributed by atoms with Gasteiger partial charge in [-0.05, 0) is 34.5 Å². The van der Waals surface area contributed by atoms with Gasteiger partial charge in [-0.2, -0.15) is 0 Å². The number of rotatable bonds is 7. The normalized spacial score (nSPS) is 10.5. The number of aliphatic hydroxyl groups is 1. The van der Waals surface area contributed by atoms with Gasteiger partial charge in [0.05, 0.1) is 6.61 Å². The van der Waals surface area contributed by atoms with E-state index in [2.05, 4.69) is 23.5 Å². The molecule has 3 rings (SSSR count). The van der Waals surface area contributed by atoms with Crippen molar-refractivity contribution in [3.05, 3.63) is 76.8 Å². The van der Waals surface area contributed by atoms with Crippen LogP contribution in [0.1, 0.15) is 11.1 Å². The Labute approximate surface area is 159 Å². The molecule has 3 nitrogen and oxygen atoms in total. The van der Waals surface area contributed by atoms with Crippen molar-refractivity contribution in [1.82, 2.24) is 5.32 Å². The van der Waals surface area contributed by atoms with Gasteiger partial charge in [0, 0.05) is 23.7 Å². The topological polar surface area (TPSA) is 41.5 Å². The lowest BCUT2D eigenvalue weighted by molar-refractivity contribution is 0.288. The van der Waals surface area contributed by atoms with Crippen LogP contribution in [0.2, 0.25) is 5.02 Å². The molecule has 0 fully saturated rings. The standard InChI is InChI=1S/C20H20ClNO2.ClH/c21-17-8-5-15(6-9-17)14-24-20-10-7-16-3-1-2-4-18(16)19(20)13-22-11-12-23;/h1-10,22-23H,11-14H2;1H. The average molecular weight is 378 g/mol. The van der Waals surface area contributed by atoms with Gasteiger partial charge in [-0.3, -0.25) is 0 Å². The van der Waals surface area contributed by atoms with E-state index in [1.165, 1.54) is 5.39 Å². The van der Waals surface area contributed by atoms with E-state index in [-0.39, 0.29) is 19.0 Å². The molecular weight excluding hydrogens is 357 g/mol. The van der Waals surface area contributed by atoms with E-state index in [4.69, 9.17) is 21.4 Å². The Morgan fingerprint density at radius 2 is 1.72 bits per heavy atom. The molecule has 0 aliphatic rings. The highest BCUT2D eigenvalue weighted by Crippen LogP contribution is 2.28. The molecule has 0 spiro atoms. The van der Waals surface area contributed by atoms with E-state index in [1.807, 2.05) is 42.5 Å². The zero-order valence-corrected chi connectivity index (χ0v) is 15.3. The third kappa shape index (κ3) is 5.10. The van der Waals surface area contributed by atoms with Gasteiger partial charge in [-0.1, -0.05) is 54.1 Å². The quantitative estimate of drug-likeness (QED) is 0.592. The number of ether oxygens (including phenoxy) is 1. The first-order valence-electron chi connectivity index (χ1n) is 7.97. The Bertz CT molecular complexity index is 806. The van der Waals surface area contributed by atoms with Crippen LogP contribution in [-0.2, 0) is 13.2 Å². The number of aliphatic hydroxyl groups excluding tert-OH is 1. The third-order valence-corrected chi connectivity index (χ3v) is 4.15. The van der Waals surface area contributed by atoms with E-state index in [0.29, 0.717) is 19.7 Å². The second-order valence-corrected chi connectivity index (χ2v) is 6.02. The Morgan fingerprint density at radius 3 is 2.48 bits per heavy atom. The molecule has 0 radical (unpaired) electrons. The van der Waals surface area contributed by atoms with Gasteiger partial charge in [-0.15, -0.1) is 12.4 Å². The summed E-state index contributed by atoms with van der Waals surface area (Å²) in [6, 6.07) is 20.0. The van der Waals surface area contributed by atoms with Crippen LogP contribution >= 0.6 is 24.0 Å². The summed E-state index contributed by atoms with van der Waals surface area (Å²) < 4.78 is 6.06. The van der Waals surface area contributed by atoms with E-state index in [9.17, 15) is 0 Å². The highest BCUT2D eigenvalue weighted by Gasteiger charge is 2.09. The van der Waals surface area contributed by atoms with Crippen molar-refractivity contribution in [3.8, 4) is 5.75 Å². The summed E-state index contributed by atoms with van der Waals surface area (Å²) in [5.74, 6) is 0.856. The molecule has 0 aliphatic carbocycles. The minimum absolute atomic E-state index is 0. The first-order chi connectivity index (χ1) is 11.8. The van der Waals surface area contributed by atoms with Gasteiger partial charge in [0.2, 0.25) is 0 Å². The molecule has 5 heteroatoms. The molecule has 3 aromatic carbocycles. The fraction of sp³-hybridized carbons (Fsp3) is 0.200. The Hall–Kier alpha value is -1.78. The summed E-state index contributed by atoms with van der Waals surface area (Å²) in [5.41, 5.74) is 2.18. The average Bonchev–Trinajstić information content (AvgIpc) is 2.62. The van der Waals surface area contributed by atoms with Crippen molar-refractivity contribution in [2.24, 2.45) is 0 Å². The predicted molar refractivity (Wildman–Crippen MR) is 106 cm³/mol. The van der Waals surface area contributed by atoms with Gasteiger partial charge in [0.15, 0.2) is 0 Å². The molecular formula is C20H21Cl2NO2. The minimum atomic E-state index is 0. The molecule has 0 unspecified atom stereocenters. The molecule has 0 aromatic heterocycles. The van der Waals surface area contributed by atoms with Crippen LogP contribution in [0.25, 0.3) is 10.8 Å². The predicted octanol–water partition coefficient (Wildman–Crippen LogP) is 4.58. The summed E-state index contributed by atoms with van der Waals surface area (Å²) in [6.45, 7) is 1.81. The fourth-order valence-corrected chi connectivity index (χ4v) is 2.79. The zero-order chi connectivity index (χ0) is 16.8. The SMILES string of the molecule is Cl.OCCNCc1c(OCc2ccc(Cl)cc2)ccc2ccccc12. The maximum Gasteiger partial charge on any atom is 0.124 e. The van der Waals surface area contributed by atoms with Crippen molar-refractivity contribution in [1.29, 1.82) is 0 Å². The molecule has 0 atom stereocenters. The van der Waals surface area contributed by atoms with E-state index >= 15 is 0 Å². The third-order valence-electron chi connectivity index (χ3n) is 3.90. The lowest BCUT2D eigenvalue weighted by Crippen LogP contribution is -2.18. The minimum Gasteiger partial charge on any atom is -0.489 e. The molecule has 25 heavy (non-hydrogen) atoms. The first kappa shape index (κ1) is 19.5. The maximum atomic E-state index is 9.00. The van der Waals surface area contributed by atoms with Crippen molar-refractivity contribution >= 4 is 34.8 Å². The summed E-state index contributed by atoms with van der Waals surface area (Å²) >= 11 is 5.92. The van der Waals surface area contributed by atoms with E-state index in [1.54, 1.807) is 0 Å². The van der Waals surface area contributed by atoms with Crippen LogP contribution in [-0.4, -0.2) is 18.3 Å². The van der Waals surface area contributed by atoms with Gasteiger partial charge in [0.25, 0.3) is 0 Å². The number of nitrogens with one attached hydrogen (secondary N) is 1. The summed E-state index contributed by atoms with van der Waals surface area (Å²) in [7, 11) is 0. The monoisotopic (exact) mass is 377 g/mol. The zero-order valence-electron chi connectivity index (χ0n) is 13.7. The fourth-order valence-electron chi connectivity index (χ4n) is 2.67. The second kappa shape index (κ2) is 9.64. The van der Waals surface area contributed by atoms with E-state index in [0.717, 1.165) is 27.3 Å². The molecule has 0 saturated carbocycles. The van der Waals surface area contributed by atoms with Crippen molar-refractivity contribution in [3.63, 3.8) is 0 Å². The van der Waals surface area contributed by atoms with Gasteiger partial charge < -0.3 is 15.2 Å². The maximum absolute atomic E-state index is 9.00. The van der Waals surface area contributed by atoms with Crippen LogP contribution in [0.4, 0.5) is 0 Å². The Morgan fingerprint density at radius 1 is 0.960 bits per heavy atom. The molecule has 2 N–H and O–H groups in total. The number of hydrogen-bond donors (Lipinski definition) is 2. The van der Waals surface area contributed by atoms with Crippen LogP contribution in [0, 0.1) is 0 Å². The van der Waals surface area contributed by atoms with Gasteiger partial charge >= 0.3 is 0 Å².